The zero-order valence-corrected chi connectivity index (χ0v) is 22.7. The summed E-state index contributed by atoms with van der Waals surface area (Å²) in [4.78, 5) is 28.3. The minimum absolute atomic E-state index is 0.0800. The molecule has 11 heteroatoms. The second kappa shape index (κ2) is 11.5. The van der Waals surface area contributed by atoms with Crippen LogP contribution in [0.15, 0.2) is 42.5 Å². The lowest BCUT2D eigenvalue weighted by molar-refractivity contribution is 0.0594. The van der Waals surface area contributed by atoms with Crippen molar-refractivity contribution in [2.45, 2.75) is 31.9 Å². The van der Waals surface area contributed by atoms with Crippen molar-refractivity contribution in [2.24, 2.45) is 7.05 Å². The van der Waals surface area contributed by atoms with Crippen LogP contribution < -0.4 is 9.47 Å². The lowest BCUT2D eigenvalue weighted by atomic mass is 9.93. The normalized spacial score (nSPS) is 14.5. The largest absolute Gasteiger partial charge is 0.494 e. The van der Waals surface area contributed by atoms with E-state index in [1.807, 2.05) is 23.7 Å². The van der Waals surface area contributed by atoms with Crippen LogP contribution in [-0.2, 0) is 24.9 Å². The van der Waals surface area contributed by atoms with Crippen molar-refractivity contribution in [3.8, 4) is 11.6 Å². The molecule has 0 spiro atoms. The first-order valence-electron chi connectivity index (χ1n) is 12.6. The van der Waals surface area contributed by atoms with Gasteiger partial charge in [0.25, 0.3) is 0 Å². The number of piperidine rings is 1. The van der Waals surface area contributed by atoms with Gasteiger partial charge in [-0.25, -0.2) is 24.1 Å². The molecule has 4 heterocycles. The summed E-state index contributed by atoms with van der Waals surface area (Å²) < 4.78 is 32.0. The predicted molar refractivity (Wildman–Crippen MR) is 144 cm³/mol. The number of ether oxygens (including phenoxy) is 3. The molecule has 1 aliphatic heterocycles. The number of fused-ring (bicyclic) bond motifs is 1. The van der Waals surface area contributed by atoms with Gasteiger partial charge in [-0.1, -0.05) is 23.7 Å². The minimum Gasteiger partial charge on any atom is -0.494 e. The van der Waals surface area contributed by atoms with Crippen LogP contribution in [0.2, 0.25) is 5.02 Å². The Hall–Kier alpha value is -3.76. The average Bonchev–Trinajstić information content (AvgIpc) is 3.27. The lowest BCUT2D eigenvalue weighted by Crippen LogP contribution is -2.33. The number of aryl methyl sites for hydroxylation is 1. The molecule has 0 aliphatic carbocycles. The number of hydrogen-bond donors (Lipinski definition) is 0. The van der Waals surface area contributed by atoms with Gasteiger partial charge in [0, 0.05) is 41.4 Å². The zero-order chi connectivity index (χ0) is 27.5. The predicted octanol–water partition coefficient (Wildman–Crippen LogP) is 4.91. The molecule has 0 radical (unpaired) electrons. The van der Waals surface area contributed by atoms with Crippen LogP contribution in [0.5, 0.6) is 11.6 Å². The number of esters is 1. The Kier molecular flexibility index (Phi) is 7.94. The fourth-order valence-electron chi connectivity index (χ4n) is 4.79. The Bertz CT molecular complexity index is 1500. The number of benzene rings is 1. The molecule has 1 aromatic carbocycles. The maximum Gasteiger partial charge on any atom is 0.356 e. The van der Waals surface area contributed by atoms with E-state index in [0.717, 1.165) is 37.4 Å². The van der Waals surface area contributed by atoms with Crippen LogP contribution in [0.4, 0.5) is 4.39 Å². The second-order valence-electron chi connectivity index (χ2n) is 9.44. The maximum atomic E-state index is 14.1. The highest BCUT2D eigenvalue weighted by Gasteiger charge is 2.25. The third-order valence-corrected chi connectivity index (χ3v) is 7.24. The monoisotopic (exact) mass is 553 g/mol. The van der Waals surface area contributed by atoms with E-state index in [2.05, 4.69) is 9.88 Å². The Morgan fingerprint density at radius 1 is 1.10 bits per heavy atom. The third-order valence-electron chi connectivity index (χ3n) is 7.01. The summed E-state index contributed by atoms with van der Waals surface area (Å²) in [6.07, 6.45) is 1.86. The fraction of sp³-hybridized carbons (Fsp3) is 0.357. The van der Waals surface area contributed by atoms with Crippen LogP contribution in [0.25, 0.3) is 11.2 Å². The summed E-state index contributed by atoms with van der Waals surface area (Å²) in [5, 5.41) is 0.350. The number of carbonyl (C=O) groups is 1. The quantitative estimate of drug-likeness (QED) is 0.284. The van der Waals surface area contributed by atoms with Crippen LogP contribution in [0.3, 0.4) is 0 Å². The van der Waals surface area contributed by atoms with Crippen molar-refractivity contribution >= 4 is 28.7 Å². The highest BCUT2D eigenvalue weighted by molar-refractivity contribution is 6.30. The van der Waals surface area contributed by atoms with Crippen molar-refractivity contribution in [1.29, 1.82) is 0 Å². The molecule has 5 rings (SSSR count). The number of carbonyl (C=O) groups excluding carboxylic acids is 1. The van der Waals surface area contributed by atoms with E-state index in [9.17, 15) is 9.18 Å². The molecule has 9 nitrogen and oxygen atoms in total. The Morgan fingerprint density at radius 3 is 2.62 bits per heavy atom. The van der Waals surface area contributed by atoms with E-state index >= 15 is 0 Å². The summed E-state index contributed by atoms with van der Waals surface area (Å²) >= 11 is 5.83. The van der Waals surface area contributed by atoms with Crippen LogP contribution in [0, 0.1) is 5.82 Å². The molecule has 0 unspecified atom stereocenters. The number of aromatic nitrogens is 4. The van der Waals surface area contributed by atoms with Gasteiger partial charge in [-0.15, -0.1) is 0 Å². The van der Waals surface area contributed by atoms with Crippen molar-refractivity contribution in [3.05, 3.63) is 76.1 Å². The molecule has 4 aromatic rings. The summed E-state index contributed by atoms with van der Waals surface area (Å²) in [7, 11) is 4.75. The van der Waals surface area contributed by atoms with Crippen LogP contribution >= 0.6 is 11.6 Å². The number of likely N-dealkylation sites (tertiary alicyclic amines) is 1. The lowest BCUT2D eigenvalue weighted by Gasteiger charge is -2.31. The summed E-state index contributed by atoms with van der Waals surface area (Å²) in [5.74, 6) is 1.15. The van der Waals surface area contributed by atoms with Gasteiger partial charge in [-0.3, -0.25) is 4.90 Å². The van der Waals surface area contributed by atoms with E-state index in [0.29, 0.717) is 45.8 Å². The van der Waals surface area contributed by atoms with E-state index in [1.165, 1.54) is 13.2 Å². The van der Waals surface area contributed by atoms with Gasteiger partial charge in [0.2, 0.25) is 5.88 Å². The molecule has 0 bridgehead atoms. The third kappa shape index (κ3) is 5.81. The molecule has 204 valence electrons. The molecular formula is C28H29ClFN5O4. The molecule has 1 saturated heterocycles. The second-order valence-corrected chi connectivity index (χ2v) is 9.87. The van der Waals surface area contributed by atoms with Crippen molar-refractivity contribution in [1.82, 2.24) is 24.4 Å². The first-order chi connectivity index (χ1) is 18.9. The molecule has 0 amide bonds. The van der Waals surface area contributed by atoms with Crippen molar-refractivity contribution in [2.75, 3.05) is 27.3 Å². The SMILES string of the molecule is COC(=O)c1cc(OC)c2nc(CN3CCC(c4cccc(OCc5ccc(Cl)cc5F)n4)CC3)n(C)c2n1. The molecule has 1 fully saturated rings. The van der Waals surface area contributed by atoms with Gasteiger partial charge in [0.05, 0.1) is 20.8 Å². The molecule has 0 atom stereocenters. The van der Waals surface area contributed by atoms with Crippen LogP contribution in [0.1, 0.15) is 46.3 Å². The fourth-order valence-corrected chi connectivity index (χ4v) is 4.95. The van der Waals surface area contributed by atoms with Crippen LogP contribution in [-0.4, -0.2) is 57.7 Å². The number of halogens is 2. The van der Waals surface area contributed by atoms with E-state index in [1.54, 1.807) is 31.4 Å². The molecular weight excluding hydrogens is 525 g/mol. The molecule has 3 aromatic heterocycles. The molecule has 0 N–H and O–H groups in total. The van der Waals surface area contributed by atoms with Gasteiger partial charge >= 0.3 is 5.97 Å². The zero-order valence-electron chi connectivity index (χ0n) is 22.0. The van der Waals surface area contributed by atoms with E-state index in [4.69, 9.17) is 35.8 Å². The van der Waals surface area contributed by atoms with Crippen molar-refractivity contribution in [3.63, 3.8) is 0 Å². The minimum atomic E-state index is -0.528. The highest BCUT2D eigenvalue weighted by Crippen LogP contribution is 2.30. The highest BCUT2D eigenvalue weighted by atomic mass is 35.5. The van der Waals surface area contributed by atoms with Gasteiger partial charge in [-0.05, 0) is 44.1 Å². The van der Waals surface area contributed by atoms with Crippen molar-refractivity contribution < 1.29 is 23.4 Å². The van der Waals surface area contributed by atoms with Gasteiger partial charge in [-0.2, -0.15) is 0 Å². The number of nitrogens with zero attached hydrogens (tertiary/aromatic N) is 5. The smallest absolute Gasteiger partial charge is 0.356 e. The van der Waals surface area contributed by atoms with E-state index in [-0.39, 0.29) is 12.3 Å². The number of imidazole rings is 1. The summed E-state index contributed by atoms with van der Waals surface area (Å²) in [5.41, 5.74) is 2.75. The number of methoxy groups -OCH3 is 2. The average molecular weight is 554 g/mol. The maximum absolute atomic E-state index is 14.1. The van der Waals surface area contributed by atoms with Gasteiger partial charge in [0.1, 0.15) is 23.8 Å². The first-order valence-corrected chi connectivity index (χ1v) is 13.0. The molecule has 1 aliphatic rings. The molecule has 39 heavy (non-hydrogen) atoms. The number of pyridine rings is 2. The molecule has 0 saturated carbocycles. The first kappa shape index (κ1) is 26.8. The van der Waals surface area contributed by atoms with Gasteiger partial charge in [0.15, 0.2) is 17.1 Å². The Labute approximate surface area is 230 Å². The summed E-state index contributed by atoms with van der Waals surface area (Å²) in [6, 6.07) is 11.8. The standard InChI is InChI=1S/C28H29ClFN5O4/c1-34-24(33-26-23(37-2)14-22(28(36)38-3)32-27(26)34)15-35-11-9-17(10-12-35)21-5-4-6-25(31-21)39-16-18-7-8-19(29)13-20(18)30/h4-8,13-14,17H,9-12,15-16H2,1-3H3. The van der Waals surface area contributed by atoms with Gasteiger partial charge < -0.3 is 18.8 Å². The number of hydrogen-bond acceptors (Lipinski definition) is 8. The Balaban J connectivity index is 1.23. The summed E-state index contributed by atoms with van der Waals surface area (Å²) in [6.45, 7) is 2.46. The Morgan fingerprint density at radius 2 is 1.90 bits per heavy atom. The topological polar surface area (TPSA) is 91.6 Å². The number of rotatable bonds is 8. The van der Waals surface area contributed by atoms with E-state index < -0.39 is 11.8 Å².